The molecule has 0 unspecified atom stereocenters. The zero-order valence-electron chi connectivity index (χ0n) is 11.0. The van der Waals surface area contributed by atoms with Gasteiger partial charge in [-0.25, -0.2) is 9.36 Å². The molecule has 1 aromatic rings. The highest BCUT2D eigenvalue weighted by atomic mass is 32.2. The predicted molar refractivity (Wildman–Crippen MR) is 73.1 cm³/mol. The van der Waals surface area contributed by atoms with Gasteiger partial charge < -0.3 is 9.63 Å². The molecule has 1 spiro atoms. The molecule has 1 aromatic heterocycles. The Balaban J connectivity index is 1.82. The van der Waals surface area contributed by atoms with Crippen molar-refractivity contribution >= 4 is 19.6 Å². The lowest BCUT2D eigenvalue weighted by Crippen LogP contribution is -2.41. The lowest BCUT2D eigenvalue weighted by molar-refractivity contribution is -0.110. The van der Waals surface area contributed by atoms with Crippen molar-refractivity contribution in [3.8, 4) is 0 Å². The van der Waals surface area contributed by atoms with Gasteiger partial charge in [0.05, 0.1) is 13.2 Å². The summed E-state index contributed by atoms with van der Waals surface area (Å²) in [5, 5.41) is 0. The van der Waals surface area contributed by atoms with Crippen LogP contribution in [0.15, 0.2) is 15.8 Å². The fourth-order valence-corrected chi connectivity index (χ4v) is 4.20. The van der Waals surface area contributed by atoms with E-state index in [0.29, 0.717) is 11.3 Å². The van der Waals surface area contributed by atoms with Gasteiger partial charge in [-0.15, -0.1) is 11.8 Å². The molecular weight excluding hydrogens is 323 g/mol. The molecule has 2 saturated heterocycles. The molecule has 0 bridgehead atoms. The zero-order chi connectivity index (χ0) is 15.3. The van der Waals surface area contributed by atoms with E-state index in [1.54, 1.807) is 6.92 Å². The lowest BCUT2D eigenvalue weighted by Gasteiger charge is -2.33. The van der Waals surface area contributed by atoms with Gasteiger partial charge in [-0.05, 0) is 6.92 Å². The third-order valence-corrected chi connectivity index (χ3v) is 5.41. The minimum Gasteiger partial charge on any atom is -0.335 e. The predicted octanol–water partition coefficient (Wildman–Crippen LogP) is -0.0495. The van der Waals surface area contributed by atoms with Crippen molar-refractivity contribution in [3.05, 3.63) is 32.6 Å². The summed E-state index contributed by atoms with van der Waals surface area (Å²) >= 11 is 1.33. The number of nitrogens with one attached hydrogen (secondary N) is 1. The number of phosphoric ester groups is 1. The second-order valence-corrected chi connectivity index (χ2v) is 7.61. The number of hydrogen-bond acceptors (Lipinski definition) is 7. The van der Waals surface area contributed by atoms with Crippen LogP contribution in [0.25, 0.3) is 0 Å². The first-order valence-corrected chi connectivity index (χ1v) is 8.54. The molecule has 3 rings (SSSR count). The summed E-state index contributed by atoms with van der Waals surface area (Å²) in [7, 11) is -3.99. The molecule has 11 heteroatoms. The minimum atomic E-state index is -3.99. The van der Waals surface area contributed by atoms with Crippen LogP contribution in [0.3, 0.4) is 0 Å². The number of aromatic nitrogens is 2. The average Bonchev–Trinajstić information content (AvgIpc) is 2.83. The average molecular weight is 336 g/mol. The van der Waals surface area contributed by atoms with Crippen molar-refractivity contribution < 1.29 is 23.2 Å². The summed E-state index contributed by atoms with van der Waals surface area (Å²) in [6.07, 6.45) is 0.814. The van der Waals surface area contributed by atoms with Crippen LogP contribution in [0.1, 0.15) is 11.8 Å². The SMILES string of the molecule is Cc1cn([C@H]2CSC3(COP(=O)(O)OC3)O2)c(=O)[nH]c1=O. The molecule has 0 radical (unpaired) electrons. The summed E-state index contributed by atoms with van der Waals surface area (Å²) in [6.45, 7) is 1.36. The van der Waals surface area contributed by atoms with Gasteiger partial charge in [-0.3, -0.25) is 23.4 Å². The Morgan fingerprint density at radius 2 is 2.14 bits per heavy atom. The van der Waals surface area contributed by atoms with Gasteiger partial charge in [0, 0.05) is 17.5 Å². The van der Waals surface area contributed by atoms with Crippen LogP contribution in [-0.2, 0) is 18.3 Å². The molecule has 2 aliphatic heterocycles. The van der Waals surface area contributed by atoms with E-state index in [2.05, 4.69) is 4.98 Å². The summed E-state index contributed by atoms with van der Waals surface area (Å²) in [5.41, 5.74) is -0.624. The third-order valence-electron chi connectivity index (χ3n) is 3.19. The second-order valence-electron chi connectivity index (χ2n) is 4.79. The summed E-state index contributed by atoms with van der Waals surface area (Å²) in [4.78, 5) is 33.6. The monoisotopic (exact) mass is 336 g/mol. The first-order valence-electron chi connectivity index (χ1n) is 6.06. The molecule has 2 N–H and O–H groups in total. The molecule has 3 heterocycles. The van der Waals surface area contributed by atoms with Crippen molar-refractivity contribution in [1.82, 2.24) is 9.55 Å². The van der Waals surface area contributed by atoms with Crippen LogP contribution in [-0.4, -0.2) is 38.3 Å². The van der Waals surface area contributed by atoms with Crippen LogP contribution in [0, 0.1) is 6.92 Å². The highest BCUT2D eigenvalue weighted by molar-refractivity contribution is 8.00. The Bertz CT molecular complexity index is 717. The van der Waals surface area contributed by atoms with E-state index in [0.717, 1.165) is 0 Å². The van der Waals surface area contributed by atoms with Crippen molar-refractivity contribution in [2.45, 2.75) is 18.1 Å². The molecule has 0 saturated carbocycles. The van der Waals surface area contributed by atoms with Gasteiger partial charge in [0.2, 0.25) is 0 Å². The topological polar surface area (TPSA) is 120 Å². The normalized spacial score (nSPS) is 36.2. The van der Waals surface area contributed by atoms with Crippen molar-refractivity contribution in [2.75, 3.05) is 19.0 Å². The van der Waals surface area contributed by atoms with Crippen molar-refractivity contribution in [1.29, 1.82) is 0 Å². The summed E-state index contributed by atoms with van der Waals surface area (Å²) in [5.74, 6) is 0.424. The zero-order valence-corrected chi connectivity index (χ0v) is 12.7. The van der Waals surface area contributed by atoms with Gasteiger partial charge in [-0.1, -0.05) is 0 Å². The van der Waals surface area contributed by atoms with E-state index in [1.807, 2.05) is 0 Å². The molecule has 2 fully saturated rings. The Morgan fingerprint density at radius 1 is 1.48 bits per heavy atom. The first-order chi connectivity index (χ1) is 9.80. The first kappa shape index (κ1) is 15.0. The van der Waals surface area contributed by atoms with E-state index >= 15 is 0 Å². The fourth-order valence-electron chi connectivity index (χ4n) is 2.07. The number of nitrogens with zero attached hydrogens (tertiary/aromatic N) is 1. The van der Waals surface area contributed by atoms with E-state index in [9.17, 15) is 14.2 Å². The number of aryl methyl sites for hydroxylation is 1. The number of H-pyrrole nitrogens is 1. The Kier molecular flexibility index (Phi) is 3.63. The van der Waals surface area contributed by atoms with Crippen LogP contribution < -0.4 is 11.2 Å². The highest BCUT2D eigenvalue weighted by Gasteiger charge is 2.49. The molecule has 9 nitrogen and oxygen atoms in total. The van der Waals surface area contributed by atoms with Gasteiger partial charge in [0.1, 0.15) is 6.23 Å². The summed E-state index contributed by atoms with van der Waals surface area (Å²) in [6, 6.07) is 0. The minimum absolute atomic E-state index is 0.112. The molecule has 0 amide bonds. The quantitative estimate of drug-likeness (QED) is 0.685. The van der Waals surface area contributed by atoms with Crippen molar-refractivity contribution in [3.63, 3.8) is 0 Å². The molecule has 2 aliphatic rings. The van der Waals surface area contributed by atoms with Crippen LogP contribution in [0.5, 0.6) is 0 Å². The van der Waals surface area contributed by atoms with Crippen LogP contribution in [0.4, 0.5) is 0 Å². The van der Waals surface area contributed by atoms with Crippen molar-refractivity contribution in [2.24, 2.45) is 0 Å². The molecule has 0 aromatic carbocycles. The van der Waals surface area contributed by atoms with Gasteiger partial charge in [0.15, 0.2) is 4.93 Å². The molecule has 0 aliphatic carbocycles. The van der Waals surface area contributed by atoms with Crippen LogP contribution >= 0.6 is 19.6 Å². The maximum Gasteiger partial charge on any atom is 0.472 e. The standard InChI is InChI=1S/C10H13N2O7PS/c1-6-2-12(9(14)11-8(6)13)7-3-21-10(19-7)4-17-20(15,16)18-5-10/h2,7H,3-5H2,1H3,(H,15,16)(H,11,13,14)/t7-/m1/s1. The maximum absolute atomic E-state index is 11.8. The van der Waals surface area contributed by atoms with E-state index in [-0.39, 0.29) is 13.2 Å². The number of aromatic amines is 1. The van der Waals surface area contributed by atoms with Gasteiger partial charge >= 0.3 is 13.5 Å². The van der Waals surface area contributed by atoms with Gasteiger partial charge in [0.25, 0.3) is 5.56 Å². The van der Waals surface area contributed by atoms with E-state index in [4.69, 9.17) is 18.7 Å². The number of phosphoric acid groups is 1. The Labute approximate surface area is 122 Å². The van der Waals surface area contributed by atoms with Gasteiger partial charge in [-0.2, -0.15) is 0 Å². The molecule has 1 atom stereocenters. The second kappa shape index (κ2) is 5.08. The number of thioether (sulfide) groups is 1. The fraction of sp³-hybridized carbons (Fsp3) is 0.600. The molecule has 116 valence electrons. The number of rotatable bonds is 1. The Hall–Kier alpha value is -0.900. The van der Waals surface area contributed by atoms with Crippen LogP contribution in [0.2, 0.25) is 0 Å². The molecule has 21 heavy (non-hydrogen) atoms. The smallest absolute Gasteiger partial charge is 0.335 e. The highest BCUT2D eigenvalue weighted by Crippen LogP contribution is 2.54. The Morgan fingerprint density at radius 3 is 2.81 bits per heavy atom. The summed E-state index contributed by atoms with van der Waals surface area (Å²) < 4.78 is 27.8. The lowest BCUT2D eigenvalue weighted by atomic mass is 10.3. The molecular formula is C10H13N2O7PS. The third kappa shape index (κ3) is 2.87. The number of hydrogen-bond donors (Lipinski definition) is 2. The maximum atomic E-state index is 11.8. The largest absolute Gasteiger partial charge is 0.472 e. The van der Waals surface area contributed by atoms with E-state index in [1.165, 1.54) is 22.5 Å². The van der Waals surface area contributed by atoms with E-state index < -0.39 is 30.2 Å². The number of ether oxygens (including phenoxy) is 1.